The molecular formula is C27H42O11. The average Bonchev–Trinajstić information content (AvgIpc) is 3.13. The Balaban J connectivity index is 2.55. The lowest BCUT2D eigenvalue weighted by Gasteiger charge is -2.32. The predicted molar refractivity (Wildman–Crippen MR) is 134 cm³/mol. The van der Waals surface area contributed by atoms with Crippen LogP contribution in [0.1, 0.15) is 60.8 Å². The number of cyclic esters (lactones) is 1. The Hall–Kier alpha value is -2.15. The number of ether oxygens (including phenoxy) is 4. The summed E-state index contributed by atoms with van der Waals surface area (Å²) in [6, 6.07) is 0. The van der Waals surface area contributed by atoms with Crippen LogP contribution in [0.15, 0.2) is 23.3 Å². The van der Waals surface area contributed by atoms with Crippen molar-refractivity contribution < 1.29 is 53.8 Å². The van der Waals surface area contributed by atoms with E-state index in [0.29, 0.717) is 5.57 Å². The first kappa shape index (κ1) is 32.1. The van der Waals surface area contributed by atoms with Crippen LogP contribution in [-0.2, 0) is 33.3 Å². The minimum atomic E-state index is -1.55. The van der Waals surface area contributed by atoms with Crippen LogP contribution in [0.4, 0.5) is 0 Å². The zero-order valence-electron chi connectivity index (χ0n) is 22.9. The first-order valence-corrected chi connectivity index (χ1v) is 13.0. The molecule has 1 saturated heterocycles. The van der Waals surface area contributed by atoms with E-state index in [2.05, 4.69) is 0 Å². The maximum atomic E-state index is 13.4. The molecular weight excluding hydrogens is 500 g/mol. The molecule has 0 aliphatic carbocycles. The number of rotatable bonds is 7. The van der Waals surface area contributed by atoms with E-state index >= 15 is 0 Å². The molecule has 0 aromatic carbocycles. The second-order valence-corrected chi connectivity index (χ2v) is 10.4. The lowest BCUT2D eigenvalue weighted by molar-refractivity contribution is -0.209. The maximum Gasteiger partial charge on any atom is 0.311 e. The molecule has 0 bridgehead atoms. The highest BCUT2D eigenvalue weighted by molar-refractivity contribution is 5.87. The molecule has 0 spiro atoms. The summed E-state index contributed by atoms with van der Waals surface area (Å²) in [5, 5.41) is 40.8. The van der Waals surface area contributed by atoms with Gasteiger partial charge in [0.25, 0.3) is 0 Å². The molecule has 2 aliphatic rings. The van der Waals surface area contributed by atoms with Crippen molar-refractivity contribution in [2.45, 2.75) is 110 Å². The number of aliphatic hydroxyl groups is 4. The minimum absolute atomic E-state index is 0.0148. The van der Waals surface area contributed by atoms with Crippen molar-refractivity contribution in [3.05, 3.63) is 23.3 Å². The zero-order chi connectivity index (χ0) is 28.7. The topological polar surface area (TPSA) is 169 Å². The summed E-state index contributed by atoms with van der Waals surface area (Å²) in [6.07, 6.45) is -7.32. The Labute approximate surface area is 223 Å². The van der Waals surface area contributed by atoms with Gasteiger partial charge in [-0.3, -0.25) is 14.4 Å². The molecule has 0 amide bonds. The summed E-state index contributed by atoms with van der Waals surface area (Å²) in [5.41, 5.74) is 1.17. The second-order valence-electron chi connectivity index (χ2n) is 10.4. The molecule has 216 valence electrons. The molecule has 38 heavy (non-hydrogen) atoms. The number of aliphatic hydroxyl groups excluding tert-OH is 4. The van der Waals surface area contributed by atoms with Crippen LogP contribution in [0.25, 0.3) is 0 Å². The van der Waals surface area contributed by atoms with Gasteiger partial charge in [-0.1, -0.05) is 26.0 Å². The zero-order valence-corrected chi connectivity index (χ0v) is 22.9. The van der Waals surface area contributed by atoms with Gasteiger partial charge in [0.05, 0.1) is 18.6 Å². The van der Waals surface area contributed by atoms with Gasteiger partial charge in [-0.2, -0.15) is 0 Å². The van der Waals surface area contributed by atoms with E-state index < -0.39 is 85.7 Å². The molecule has 2 rings (SSSR count). The van der Waals surface area contributed by atoms with Crippen molar-refractivity contribution in [2.75, 3.05) is 6.61 Å². The van der Waals surface area contributed by atoms with Gasteiger partial charge in [0, 0.05) is 19.3 Å². The SMILES string of the molecule is CC=C(C)C1CC=C(C)C(OC2OC(CO)C(O)C2O)C(OC(=O)CC(C)C)C(=O)CC(O)C(C)C(=O)O1. The smallest absolute Gasteiger partial charge is 0.311 e. The van der Waals surface area contributed by atoms with Gasteiger partial charge in [0.1, 0.15) is 30.5 Å². The third-order valence-corrected chi connectivity index (χ3v) is 6.89. The summed E-state index contributed by atoms with van der Waals surface area (Å²) < 4.78 is 22.6. The number of allylic oxidation sites excluding steroid dienone is 1. The monoisotopic (exact) mass is 542 g/mol. The minimum Gasteiger partial charge on any atom is -0.457 e. The highest BCUT2D eigenvalue weighted by atomic mass is 16.7. The summed E-state index contributed by atoms with van der Waals surface area (Å²) in [5.74, 6) is -3.15. The number of esters is 2. The number of ketones is 1. The largest absolute Gasteiger partial charge is 0.457 e. The van der Waals surface area contributed by atoms with Crippen molar-refractivity contribution in [2.24, 2.45) is 11.8 Å². The van der Waals surface area contributed by atoms with Crippen LogP contribution in [0.5, 0.6) is 0 Å². The summed E-state index contributed by atoms with van der Waals surface area (Å²) in [7, 11) is 0. The van der Waals surface area contributed by atoms with Crippen LogP contribution < -0.4 is 0 Å². The van der Waals surface area contributed by atoms with Gasteiger partial charge in [-0.05, 0) is 44.8 Å². The first-order chi connectivity index (χ1) is 17.8. The number of hydrogen-bond donors (Lipinski definition) is 4. The molecule has 0 saturated carbocycles. The van der Waals surface area contributed by atoms with Crippen LogP contribution in [0.2, 0.25) is 0 Å². The third-order valence-electron chi connectivity index (χ3n) is 6.89. The molecule has 1 fully saturated rings. The Morgan fingerprint density at radius 2 is 1.84 bits per heavy atom. The van der Waals surface area contributed by atoms with E-state index in [1.165, 1.54) is 6.92 Å². The Morgan fingerprint density at radius 1 is 1.18 bits per heavy atom. The Morgan fingerprint density at radius 3 is 2.39 bits per heavy atom. The molecule has 9 atom stereocenters. The molecule has 0 radical (unpaired) electrons. The van der Waals surface area contributed by atoms with Gasteiger partial charge < -0.3 is 39.4 Å². The second kappa shape index (κ2) is 14.3. The Kier molecular flexibility index (Phi) is 12.1. The molecule has 11 heteroatoms. The van der Waals surface area contributed by atoms with Crippen LogP contribution in [0.3, 0.4) is 0 Å². The molecule has 4 N–H and O–H groups in total. The van der Waals surface area contributed by atoms with E-state index in [-0.39, 0.29) is 18.8 Å². The fourth-order valence-corrected chi connectivity index (χ4v) is 4.18. The average molecular weight is 543 g/mol. The normalized spacial score (nSPS) is 35.8. The highest BCUT2D eigenvalue weighted by Gasteiger charge is 2.47. The summed E-state index contributed by atoms with van der Waals surface area (Å²) >= 11 is 0. The van der Waals surface area contributed by atoms with Gasteiger partial charge in [0.15, 0.2) is 18.2 Å². The van der Waals surface area contributed by atoms with Crippen molar-refractivity contribution in [3.8, 4) is 0 Å². The van der Waals surface area contributed by atoms with Gasteiger partial charge in [0.2, 0.25) is 0 Å². The lowest BCUT2D eigenvalue weighted by atomic mass is 9.92. The van der Waals surface area contributed by atoms with E-state index in [1.54, 1.807) is 32.9 Å². The first-order valence-electron chi connectivity index (χ1n) is 13.0. The maximum absolute atomic E-state index is 13.4. The molecule has 0 aromatic heterocycles. The Bertz CT molecular complexity index is 895. The van der Waals surface area contributed by atoms with Gasteiger partial charge in [-0.15, -0.1) is 0 Å². The van der Waals surface area contributed by atoms with E-state index in [0.717, 1.165) is 5.57 Å². The summed E-state index contributed by atoms with van der Waals surface area (Å²) in [4.78, 5) is 38.8. The van der Waals surface area contributed by atoms with E-state index in [9.17, 15) is 34.8 Å². The van der Waals surface area contributed by atoms with Gasteiger partial charge in [-0.25, -0.2) is 0 Å². The van der Waals surface area contributed by atoms with Crippen LogP contribution >= 0.6 is 0 Å². The number of carbonyl (C=O) groups is 3. The van der Waals surface area contributed by atoms with E-state index in [4.69, 9.17) is 18.9 Å². The quantitative estimate of drug-likeness (QED) is 0.267. The molecule has 2 heterocycles. The fraction of sp³-hybridized carbons (Fsp3) is 0.741. The van der Waals surface area contributed by atoms with Gasteiger partial charge >= 0.3 is 11.9 Å². The molecule has 2 aliphatic heterocycles. The number of Topliss-reactive ketones (excluding diaryl/α,β-unsaturated/α-hetero) is 1. The number of carbonyl (C=O) groups excluding carboxylic acids is 3. The van der Waals surface area contributed by atoms with Crippen molar-refractivity contribution in [3.63, 3.8) is 0 Å². The third kappa shape index (κ3) is 8.17. The van der Waals surface area contributed by atoms with Crippen molar-refractivity contribution >= 4 is 17.7 Å². The standard InChI is InChI=1S/C27H42O11/c1-7-14(4)19-9-8-15(5)24(38-27-23(33)22(32)20(12-28)36-27)25(37-21(31)10-13(2)3)18(30)11-17(29)16(6)26(34)35-19/h7-8,13,16-17,19-20,22-25,27-29,32-33H,9-12H2,1-6H3. The lowest BCUT2D eigenvalue weighted by Crippen LogP contribution is -2.47. The molecule has 9 unspecified atom stereocenters. The number of hydrogen-bond acceptors (Lipinski definition) is 11. The highest BCUT2D eigenvalue weighted by Crippen LogP contribution is 2.29. The van der Waals surface area contributed by atoms with Crippen molar-refractivity contribution in [1.29, 1.82) is 0 Å². The predicted octanol–water partition coefficient (Wildman–Crippen LogP) is 0.953. The molecule has 0 aromatic rings. The molecule has 11 nitrogen and oxygen atoms in total. The summed E-state index contributed by atoms with van der Waals surface area (Å²) in [6.45, 7) is 9.69. The van der Waals surface area contributed by atoms with E-state index in [1.807, 2.05) is 13.8 Å². The van der Waals surface area contributed by atoms with Crippen LogP contribution in [0, 0.1) is 11.8 Å². The fourth-order valence-electron chi connectivity index (χ4n) is 4.18. The van der Waals surface area contributed by atoms with Crippen LogP contribution in [-0.4, -0.2) is 93.8 Å². The van der Waals surface area contributed by atoms with Crippen molar-refractivity contribution in [1.82, 2.24) is 0 Å².